The smallest absolute Gasteiger partial charge is 0.305 e. The number of hydrogen-bond donors (Lipinski definition) is 0. The first-order valence-electron chi connectivity index (χ1n) is 13.4. The fraction of sp³-hybridized carbons (Fsp3) is 0.724. The minimum absolute atomic E-state index is 0.128. The molecule has 0 aliphatic heterocycles. The second kappa shape index (κ2) is 9.80. The molecule has 1 aromatic rings. The van der Waals surface area contributed by atoms with E-state index in [0.29, 0.717) is 53.8 Å². The van der Waals surface area contributed by atoms with Crippen molar-refractivity contribution >= 4 is 11.8 Å². The van der Waals surface area contributed by atoms with Crippen LogP contribution in [0.5, 0.6) is 5.75 Å². The summed E-state index contributed by atoms with van der Waals surface area (Å²) in [4.78, 5) is 25.1. The summed E-state index contributed by atoms with van der Waals surface area (Å²) in [6, 6.07) is 10.2. The van der Waals surface area contributed by atoms with Gasteiger partial charge in [0.15, 0.2) is 0 Å². The number of ether oxygens (including phenoxy) is 2. The van der Waals surface area contributed by atoms with Crippen LogP contribution < -0.4 is 4.74 Å². The number of fused-ring (bicyclic) bond motifs is 5. The molecule has 0 N–H and O–H groups in total. The van der Waals surface area contributed by atoms with Gasteiger partial charge in [0.2, 0.25) is 0 Å². The molecule has 0 amide bonds. The molecule has 180 valence electrons. The van der Waals surface area contributed by atoms with E-state index >= 15 is 0 Å². The van der Waals surface area contributed by atoms with Crippen LogP contribution in [0.3, 0.4) is 0 Å². The Morgan fingerprint density at radius 1 is 0.970 bits per heavy atom. The fourth-order valence-electron chi connectivity index (χ4n) is 8.40. The zero-order valence-electron chi connectivity index (χ0n) is 20.3. The molecule has 1 aromatic carbocycles. The van der Waals surface area contributed by atoms with Crippen LogP contribution in [-0.4, -0.2) is 25.0 Å². The van der Waals surface area contributed by atoms with E-state index in [1.54, 1.807) is 0 Å². The van der Waals surface area contributed by atoms with Gasteiger partial charge in [0.25, 0.3) is 0 Å². The van der Waals surface area contributed by atoms with Crippen molar-refractivity contribution in [3.8, 4) is 5.75 Å². The van der Waals surface area contributed by atoms with Gasteiger partial charge in [0.1, 0.15) is 11.5 Å². The highest BCUT2D eigenvalue weighted by Crippen LogP contribution is 2.59. The highest BCUT2D eigenvalue weighted by Gasteiger charge is 2.55. The highest BCUT2D eigenvalue weighted by molar-refractivity contribution is 5.83. The zero-order chi connectivity index (χ0) is 22.9. The Bertz CT molecular complexity index is 835. The molecule has 4 aliphatic rings. The molecule has 9 atom stereocenters. The molecule has 4 nitrogen and oxygen atoms in total. The highest BCUT2D eigenvalue weighted by atomic mass is 16.5. The van der Waals surface area contributed by atoms with Crippen molar-refractivity contribution < 1.29 is 19.1 Å². The maximum absolute atomic E-state index is 13.5. The van der Waals surface area contributed by atoms with E-state index in [4.69, 9.17) is 9.47 Å². The van der Waals surface area contributed by atoms with E-state index in [9.17, 15) is 9.59 Å². The normalized spacial score (nSPS) is 38.5. The Labute approximate surface area is 198 Å². The summed E-state index contributed by atoms with van der Waals surface area (Å²) >= 11 is 0. The van der Waals surface area contributed by atoms with Crippen LogP contribution in [0.4, 0.5) is 0 Å². The number of Topliss-reactive ketones (excluding diaryl/α,β-unsaturated/α-hetero) is 1. The van der Waals surface area contributed by atoms with Gasteiger partial charge in [-0.1, -0.05) is 25.1 Å². The van der Waals surface area contributed by atoms with Crippen LogP contribution >= 0.6 is 0 Å². The van der Waals surface area contributed by atoms with Crippen molar-refractivity contribution in [2.24, 2.45) is 47.3 Å². The van der Waals surface area contributed by atoms with E-state index in [-0.39, 0.29) is 11.9 Å². The van der Waals surface area contributed by atoms with Gasteiger partial charge >= 0.3 is 5.97 Å². The molecule has 0 saturated heterocycles. The minimum atomic E-state index is -0.128. The van der Waals surface area contributed by atoms with E-state index in [1.165, 1.54) is 32.8 Å². The maximum Gasteiger partial charge on any atom is 0.305 e. The van der Waals surface area contributed by atoms with Crippen LogP contribution in [0.25, 0.3) is 0 Å². The minimum Gasteiger partial charge on any atom is -0.490 e. The first kappa shape index (κ1) is 22.9. The van der Waals surface area contributed by atoms with Crippen molar-refractivity contribution in [2.75, 3.05) is 7.11 Å². The summed E-state index contributed by atoms with van der Waals surface area (Å²) in [5.41, 5.74) is 0. The third kappa shape index (κ3) is 4.59. The van der Waals surface area contributed by atoms with Gasteiger partial charge < -0.3 is 9.47 Å². The Morgan fingerprint density at radius 3 is 2.52 bits per heavy atom. The number of carbonyl (C=O) groups is 2. The summed E-state index contributed by atoms with van der Waals surface area (Å²) in [7, 11) is 1.46. The molecule has 4 aliphatic carbocycles. The number of ketones is 1. The lowest BCUT2D eigenvalue weighted by atomic mass is 9.52. The number of rotatable bonds is 6. The number of carbonyl (C=O) groups excluding carboxylic acids is 2. The van der Waals surface area contributed by atoms with Crippen LogP contribution in [0.1, 0.15) is 71.1 Å². The molecule has 0 bridgehead atoms. The summed E-state index contributed by atoms with van der Waals surface area (Å²) < 4.78 is 11.2. The Morgan fingerprint density at radius 2 is 1.73 bits per heavy atom. The molecular formula is C29H40O4. The van der Waals surface area contributed by atoms with E-state index < -0.39 is 0 Å². The second-order valence-corrected chi connectivity index (χ2v) is 11.4. The molecule has 0 heterocycles. The van der Waals surface area contributed by atoms with Gasteiger partial charge in [0, 0.05) is 18.8 Å². The van der Waals surface area contributed by atoms with Crippen molar-refractivity contribution in [2.45, 2.75) is 77.2 Å². The average molecular weight is 453 g/mol. The number of esters is 1. The third-order valence-corrected chi connectivity index (χ3v) is 9.89. The molecule has 4 heteroatoms. The van der Waals surface area contributed by atoms with E-state index in [0.717, 1.165) is 43.8 Å². The van der Waals surface area contributed by atoms with Gasteiger partial charge in [0.05, 0.1) is 13.2 Å². The van der Waals surface area contributed by atoms with Crippen molar-refractivity contribution in [1.82, 2.24) is 0 Å². The van der Waals surface area contributed by atoms with Crippen LogP contribution in [0, 0.1) is 47.3 Å². The molecule has 4 saturated carbocycles. The first-order valence-corrected chi connectivity index (χ1v) is 13.4. The fourth-order valence-corrected chi connectivity index (χ4v) is 8.40. The van der Waals surface area contributed by atoms with Crippen LogP contribution in [-0.2, 0) is 14.3 Å². The number of methoxy groups -OCH3 is 1. The average Bonchev–Trinajstić information content (AvgIpc) is 3.29. The molecule has 4 fully saturated rings. The van der Waals surface area contributed by atoms with Gasteiger partial charge in [-0.25, -0.2) is 0 Å². The van der Waals surface area contributed by atoms with Crippen molar-refractivity contribution in [1.29, 1.82) is 0 Å². The van der Waals surface area contributed by atoms with E-state index in [2.05, 4.69) is 19.1 Å². The topological polar surface area (TPSA) is 52.6 Å². The van der Waals surface area contributed by atoms with Gasteiger partial charge in [-0.15, -0.1) is 0 Å². The zero-order valence-corrected chi connectivity index (χ0v) is 20.3. The standard InChI is InChI=1S/C29H40O4/c1-18(8-15-28(31)32-2)22-13-14-25-24-11-9-19-16-21(33-20-6-4-3-5-7-20)10-12-23(19)26(24)17-27(30)29(22)25/h3-7,18-19,21-26,29H,8-17H2,1-2H3/t18-,19+,21+,22-,23-,24-,25+,26+,29+/m0/s1. The van der Waals surface area contributed by atoms with Gasteiger partial charge in [-0.3, -0.25) is 9.59 Å². The Kier molecular flexibility index (Phi) is 6.81. The molecular weight excluding hydrogens is 412 g/mol. The van der Waals surface area contributed by atoms with Crippen LogP contribution in [0.15, 0.2) is 30.3 Å². The summed E-state index contributed by atoms with van der Waals surface area (Å²) in [5.74, 6) is 5.86. The molecule has 0 unspecified atom stereocenters. The lowest BCUT2D eigenvalue weighted by Gasteiger charge is -2.52. The quantitative estimate of drug-likeness (QED) is 0.491. The monoisotopic (exact) mass is 452 g/mol. The number of benzene rings is 1. The lowest BCUT2D eigenvalue weighted by Crippen LogP contribution is -2.49. The molecule has 0 radical (unpaired) electrons. The number of para-hydroxylation sites is 1. The number of hydrogen-bond acceptors (Lipinski definition) is 4. The summed E-state index contributed by atoms with van der Waals surface area (Å²) in [6.45, 7) is 2.25. The Hall–Kier alpha value is -1.84. The molecule has 5 rings (SSSR count). The predicted octanol–water partition coefficient (Wildman–Crippen LogP) is 6.08. The predicted molar refractivity (Wildman–Crippen MR) is 128 cm³/mol. The third-order valence-electron chi connectivity index (χ3n) is 9.89. The van der Waals surface area contributed by atoms with Gasteiger partial charge in [-0.05, 0) is 105 Å². The molecule has 0 aromatic heterocycles. The second-order valence-electron chi connectivity index (χ2n) is 11.4. The largest absolute Gasteiger partial charge is 0.490 e. The SMILES string of the molecule is COC(=O)CC[C@H](C)[C@@H]1CC[C@@H]2[C@@H]3CC[C@@H]4C[C@H](Oc5ccccc5)CC[C@@H]4[C@H]3CC(=O)[C@@H]21. The first-order chi connectivity index (χ1) is 16.0. The maximum atomic E-state index is 13.5. The van der Waals surface area contributed by atoms with Crippen molar-refractivity contribution in [3.05, 3.63) is 30.3 Å². The summed E-state index contributed by atoms with van der Waals surface area (Å²) in [6.07, 6.45) is 10.9. The molecule has 33 heavy (non-hydrogen) atoms. The lowest BCUT2D eigenvalue weighted by molar-refractivity contribution is -0.141. The molecule has 0 spiro atoms. The van der Waals surface area contributed by atoms with Gasteiger partial charge in [-0.2, -0.15) is 0 Å². The van der Waals surface area contributed by atoms with Crippen LogP contribution in [0.2, 0.25) is 0 Å². The Balaban J connectivity index is 1.22. The van der Waals surface area contributed by atoms with E-state index in [1.807, 2.05) is 18.2 Å². The van der Waals surface area contributed by atoms with Crippen molar-refractivity contribution in [3.63, 3.8) is 0 Å². The summed E-state index contributed by atoms with van der Waals surface area (Å²) in [5, 5.41) is 0.